The molecule has 0 aliphatic heterocycles. The van der Waals surface area contributed by atoms with Crippen LogP contribution in [0.3, 0.4) is 0 Å². The molecule has 0 bridgehead atoms. The minimum atomic E-state index is -1.84. The molecule has 0 amide bonds. The molecule has 2 N–H and O–H groups in total. The molecule has 3 heteroatoms. The molecule has 0 radical (unpaired) electrons. The topological polar surface area (TPSA) is 43.1 Å². The van der Waals surface area contributed by atoms with Crippen LogP contribution < -0.4 is 5.50 Å². The zero-order chi connectivity index (χ0) is 7.40. The molecule has 1 rings (SSSR count). The van der Waals surface area contributed by atoms with Crippen LogP contribution in [0.1, 0.15) is 5.56 Å². The lowest BCUT2D eigenvalue weighted by molar-refractivity contribution is 0.588. The van der Waals surface area contributed by atoms with Gasteiger partial charge in [-0.15, -0.1) is 0 Å². The van der Waals surface area contributed by atoms with Gasteiger partial charge in [0, 0.05) is 6.16 Å². The second-order valence-electron chi connectivity index (χ2n) is 2.13. The molecular formula is C7H10NOP. The highest BCUT2D eigenvalue weighted by Crippen LogP contribution is 2.16. The average Bonchev–Trinajstić information content (AvgIpc) is 1.88. The van der Waals surface area contributed by atoms with Crippen LogP contribution in [-0.4, -0.2) is 0 Å². The van der Waals surface area contributed by atoms with Gasteiger partial charge in [0.15, 0.2) is 0 Å². The van der Waals surface area contributed by atoms with Crippen molar-refractivity contribution in [2.75, 3.05) is 0 Å². The fourth-order valence-corrected chi connectivity index (χ4v) is 1.44. The molecule has 0 spiro atoms. The summed E-state index contributed by atoms with van der Waals surface area (Å²) in [6.07, 6.45) is 0.519. The van der Waals surface area contributed by atoms with E-state index in [1.165, 1.54) is 0 Å². The smallest absolute Gasteiger partial charge is 0.137 e. The summed E-state index contributed by atoms with van der Waals surface area (Å²) in [5, 5.41) is 0. The summed E-state index contributed by atoms with van der Waals surface area (Å²) >= 11 is 0. The standard InChI is InChI=1S/C7H10NOP/c8-10(9)6-7-4-2-1-3-5-7/h1-5,10H,6H2,(H2,8,9). The highest BCUT2D eigenvalue weighted by molar-refractivity contribution is 7.41. The highest BCUT2D eigenvalue weighted by Gasteiger charge is 1.92. The van der Waals surface area contributed by atoms with Crippen LogP contribution in [-0.2, 0) is 10.7 Å². The SMILES string of the molecule is N[PH](=O)Cc1ccccc1. The first-order valence-corrected chi connectivity index (χ1v) is 4.80. The van der Waals surface area contributed by atoms with Crippen molar-refractivity contribution in [3.63, 3.8) is 0 Å². The lowest BCUT2D eigenvalue weighted by Gasteiger charge is -1.94. The highest BCUT2D eigenvalue weighted by atomic mass is 31.1. The third-order valence-electron chi connectivity index (χ3n) is 1.22. The monoisotopic (exact) mass is 155 g/mol. The second kappa shape index (κ2) is 3.55. The third kappa shape index (κ3) is 2.34. The van der Waals surface area contributed by atoms with E-state index in [0.29, 0.717) is 6.16 Å². The molecule has 0 fully saturated rings. The summed E-state index contributed by atoms with van der Waals surface area (Å²) in [5.41, 5.74) is 6.22. The first-order valence-electron chi connectivity index (χ1n) is 3.11. The van der Waals surface area contributed by atoms with Gasteiger partial charge < -0.3 is 4.57 Å². The minimum absolute atomic E-state index is 0.519. The molecule has 0 saturated carbocycles. The molecule has 1 unspecified atom stereocenters. The first-order chi connectivity index (χ1) is 4.79. The minimum Gasteiger partial charge on any atom is -0.310 e. The summed E-state index contributed by atoms with van der Waals surface area (Å²) in [6.45, 7) is 0. The van der Waals surface area contributed by atoms with Crippen molar-refractivity contribution in [1.29, 1.82) is 0 Å². The van der Waals surface area contributed by atoms with Crippen LogP contribution in [0.2, 0.25) is 0 Å². The Kier molecular flexibility index (Phi) is 2.67. The van der Waals surface area contributed by atoms with Gasteiger partial charge in [-0.3, -0.25) is 5.50 Å². The molecule has 1 aromatic rings. The Labute approximate surface area is 60.9 Å². The maximum Gasteiger partial charge on any atom is 0.137 e. The van der Waals surface area contributed by atoms with Crippen LogP contribution >= 0.6 is 7.95 Å². The van der Waals surface area contributed by atoms with Crippen molar-refractivity contribution in [1.82, 2.24) is 0 Å². The Balaban J connectivity index is 2.67. The van der Waals surface area contributed by atoms with E-state index in [4.69, 9.17) is 5.50 Å². The van der Waals surface area contributed by atoms with E-state index in [0.717, 1.165) is 5.56 Å². The van der Waals surface area contributed by atoms with E-state index in [-0.39, 0.29) is 0 Å². The van der Waals surface area contributed by atoms with Crippen LogP contribution in [0.15, 0.2) is 30.3 Å². The van der Waals surface area contributed by atoms with Crippen molar-refractivity contribution in [2.24, 2.45) is 5.50 Å². The van der Waals surface area contributed by atoms with E-state index in [9.17, 15) is 4.57 Å². The normalized spacial score (nSPS) is 12.9. The van der Waals surface area contributed by atoms with Crippen LogP contribution in [0.4, 0.5) is 0 Å². The fraction of sp³-hybridized carbons (Fsp3) is 0.143. The van der Waals surface area contributed by atoms with E-state index in [1.807, 2.05) is 30.3 Å². The molecule has 0 saturated heterocycles. The fourth-order valence-electron chi connectivity index (χ4n) is 0.797. The number of hydrogen-bond acceptors (Lipinski definition) is 1. The zero-order valence-corrected chi connectivity index (χ0v) is 6.58. The summed E-state index contributed by atoms with van der Waals surface area (Å²) < 4.78 is 10.6. The van der Waals surface area contributed by atoms with Gasteiger partial charge in [0.2, 0.25) is 0 Å². The summed E-state index contributed by atoms with van der Waals surface area (Å²) in [7, 11) is -1.84. The van der Waals surface area contributed by atoms with E-state index in [2.05, 4.69) is 0 Å². The molecular weight excluding hydrogens is 145 g/mol. The van der Waals surface area contributed by atoms with Gasteiger partial charge in [-0.2, -0.15) is 0 Å². The lowest BCUT2D eigenvalue weighted by Crippen LogP contribution is -1.83. The number of nitrogens with two attached hydrogens (primary N) is 1. The maximum atomic E-state index is 10.6. The van der Waals surface area contributed by atoms with Crippen LogP contribution in [0, 0.1) is 0 Å². The molecule has 0 aliphatic rings. The molecule has 1 atom stereocenters. The van der Waals surface area contributed by atoms with Gasteiger partial charge in [0.05, 0.1) is 0 Å². The zero-order valence-electron chi connectivity index (χ0n) is 5.58. The molecule has 0 aliphatic carbocycles. The quantitative estimate of drug-likeness (QED) is 0.659. The Hall–Kier alpha value is -0.590. The number of rotatable bonds is 2. The maximum absolute atomic E-state index is 10.6. The van der Waals surface area contributed by atoms with Crippen LogP contribution in [0.5, 0.6) is 0 Å². The van der Waals surface area contributed by atoms with Gasteiger partial charge in [-0.25, -0.2) is 0 Å². The first kappa shape index (κ1) is 7.52. The van der Waals surface area contributed by atoms with Crippen LogP contribution in [0.25, 0.3) is 0 Å². The van der Waals surface area contributed by atoms with E-state index < -0.39 is 7.95 Å². The largest absolute Gasteiger partial charge is 0.310 e. The molecule has 54 valence electrons. The summed E-state index contributed by atoms with van der Waals surface area (Å²) in [5.74, 6) is 0. The molecule has 0 aromatic heterocycles. The van der Waals surface area contributed by atoms with Crippen molar-refractivity contribution >= 4 is 7.95 Å². The van der Waals surface area contributed by atoms with Crippen molar-refractivity contribution in [2.45, 2.75) is 6.16 Å². The number of hydrogen-bond donors (Lipinski definition) is 1. The summed E-state index contributed by atoms with van der Waals surface area (Å²) in [4.78, 5) is 0. The molecule has 2 nitrogen and oxygen atoms in total. The van der Waals surface area contributed by atoms with Crippen molar-refractivity contribution < 1.29 is 4.57 Å². The average molecular weight is 155 g/mol. The Morgan fingerprint density at radius 1 is 1.30 bits per heavy atom. The van der Waals surface area contributed by atoms with Gasteiger partial charge in [0.1, 0.15) is 7.95 Å². The van der Waals surface area contributed by atoms with Gasteiger partial charge in [0.25, 0.3) is 0 Å². The Morgan fingerprint density at radius 3 is 2.40 bits per heavy atom. The molecule has 0 heterocycles. The third-order valence-corrected chi connectivity index (χ3v) is 1.98. The Bertz CT molecular complexity index is 222. The van der Waals surface area contributed by atoms with Gasteiger partial charge >= 0.3 is 0 Å². The van der Waals surface area contributed by atoms with E-state index in [1.54, 1.807) is 0 Å². The van der Waals surface area contributed by atoms with Crippen molar-refractivity contribution in [3.05, 3.63) is 35.9 Å². The molecule has 1 aromatic carbocycles. The predicted octanol–water partition coefficient (Wildman–Crippen LogP) is 1.62. The Morgan fingerprint density at radius 2 is 1.90 bits per heavy atom. The van der Waals surface area contributed by atoms with E-state index >= 15 is 0 Å². The van der Waals surface area contributed by atoms with Gasteiger partial charge in [-0.05, 0) is 5.56 Å². The second-order valence-corrected chi connectivity index (χ2v) is 3.41. The lowest BCUT2D eigenvalue weighted by atomic mass is 10.2. The van der Waals surface area contributed by atoms with Crippen molar-refractivity contribution in [3.8, 4) is 0 Å². The predicted molar refractivity (Wildman–Crippen MR) is 43.3 cm³/mol. The molecule has 10 heavy (non-hydrogen) atoms. The van der Waals surface area contributed by atoms with Gasteiger partial charge in [-0.1, -0.05) is 30.3 Å². The number of benzene rings is 1. The summed E-state index contributed by atoms with van der Waals surface area (Å²) in [6, 6.07) is 9.61.